The fourth-order valence-corrected chi connectivity index (χ4v) is 3.64. The number of rotatable bonds is 5. The molecule has 0 saturated heterocycles. The third-order valence-corrected chi connectivity index (χ3v) is 5.12. The van der Waals surface area contributed by atoms with E-state index in [1.807, 2.05) is 0 Å². The molecule has 7 heteroatoms. The van der Waals surface area contributed by atoms with Crippen LogP contribution in [0.5, 0.6) is 5.75 Å². The van der Waals surface area contributed by atoms with Crippen LogP contribution in [-0.2, 0) is 10.0 Å². The molecule has 0 heterocycles. The minimum atomic E-state index is -4.01. The molecule has 3 aromatic rings. The topological polar surface area (TPSA) is 104 Å². The van der Waals surface area contributed by atoms with Gasteiger partial charge < -0.3 is 10.2 Å². The number of aromatic carboxylic acids is 1. The monoisotopic (exact) mass is 369 g/mol. The number of hydrogen-bond donors (Lipinski definition) is 3. The van der Waals surface area contributed by atoms with Gasteiger partial charge in [0.25, 0.3) is 10.0 Å². The van der Waals surface area contributed by atoms with Gasteiger partial charge in [-0.25, -0.2) is 13.2 Å². The number of phenols is 1. The van der Waals surface area contributed by atoms with Crippen LogP contribution in [0.25, 0.3) is 11.1 Å². The molecule has 0 atom stereocenters. The van der Waals surface area contributed by atoms with E-state index in [1.165, 1.54) is 36.4 Å². The lowest BCUT2D eigenvalue weighted by molar-refractivity contribution is 0.0698. The Morgan fingerprint density at radius 2 is 1.58 bits per heavy atom. The van der Waals surface area contributed by atoms with Gasteiger partial charge in [-0.15, -0.1) is 0 Å². The lowest BCUT2D eigenvalue weighted by Crippen LogP contribution is -2.15. The first-order valence-corrected chi connectivity index (χ1v) is 9.10. The summed E-state index contributed by atoms with van der Waals surface area (Å²) in [4.78, 5) is 11.2. The van der Waals surface area contributed by atoms with E-state index in [1.54, 1.807) is 36.4 Å². The molecule has 26 heavy (non-hydrogen) atoms. The van der Waals surface area contributed by atoms with Gasteiger partial charge in [-0.2, -0.15) is 0 Å². The molecular formula is C19H15NO5S. The maximum atomic E-state index is 12.7. The van der Waals surface area contributed by atoms with Crippen molar-refractivity contribution in [1.29, 1.82) is 0 Å². The number of para-hydroxylation sites is 2. The smallest absolute Gasteiger partial charge is 0.337 e. The molecule has 0 aliphatic carbocycles. The summed E-state index contributed by atoms with van der Waals surface area (Å²) < 4.78 is 27.7. The summed E-state index contributed by atoms with van der Waals surface area (Å²) in [6.07, 6.45) is 0. The first-order chi connectivity index (χ1) is 12.4. The Balaban J connectivity index is 2.00. The quantitative estimate of drug-likeness (QED) is 0.638. The zero-order chi connectivity index (χ0) is 18.7. The van der Waals surface area contributed by atoms with E-state index in [2.05, 4.69) is 4.72 Å². The molecule has 0 unspecified atom stereocenters. The van der Waals surface area contributed by atoms with Crippen molar-refractivity contribution in [3.63, 3.8) is 0 Å². The number of anilines is 1. The Labute approximate surface area is 150 Å². The van der Waals surface area contributed by atoms with Crippen LogP contribution in [-0.4, -0.2) is 24.6 Å². The second-order valence-electron chi connectivity index (χ2n) is 5.50. The van der Waals surface area contributed by atoms with Crippen molar-refractivity contribution in [2.24, 2.45) is 0 Å². The first-order valence-electron chi connectivity index (χ1n) is 7.62. The van der Waals surface area contributed by atoms with Gasteiger partial charge in [0.1, 0.15) is 5.75 Å². The molecule has 3 aromatic carbocycles. The minimum absolute atomic E-state index is 0.0204. The second kappa shape index (κ2) is 6.89. The molecule has 0 aromatic heterocycles. The maximum absolute atomic E-state index is 12.7. The Morgan fingerprint density at radius 3 is 2.31 bits per heavy atom. The Kier molecular flexibility index (Phi) is 4.64. The highest BCUT2D eigenvalue weighted by Crippen LogP contribution is 2.30. The molecule has 0 aliphatic rings. The normalized spacial score (nSPS) is 11.1. The molecule has 0 fully saturated rings. The zero-order valence-electron chi connectivity index (χ0n) is 13.5. The number of carboxylic acid groups (broad SMARTS) is 1. The molecule has 132 valence electrons. The number of hydrogen-bond acceptors (Lipinski definition) is 4. The van der Waals surface area contributed by atoms with Crippen LogP contribution < -0.4 is 4.72 Å². The van der Waals surface area contributed by atoms with E-state index >= 15 is 0 Å². The van der Waals surface area contributed by atoms with E-state index in [0.29, 0.717) is 11.1 Å². The van der Waals surface area contributed by atoms with Gasteiger partial charge >= 0.3 is 5.97 Å². The summed E-state index contributed by atoms with van der Waals surface area (Å²) in [6.45, 7) is 0. The lowest BCUT2D eigenvalue weighted by Gasteiger charge is -2.12. The van der Waals surface area contributed by atoms with Crippen LogP contribution in [0.15, 0.2) is 77.7 Å². The predicted molar refractivity (Wildman–Crippen MR) is 97.8 cm³/mol. The molecule has 0 radical (unpaired) electrons. The number of carbonyl (C=O) groups is 1. The van der Waals surface area contributed by atoms with Crippen molar-refractivity contribution < 1.29 is 23.4 Å². The summed E-state index contributed by atoms with van der Waals surface area (Å²) in [5.74, 6) is -1.20. The number of benzene rings is 3. The van der Waals surface area contributed by atoms with Gasteiger partial charge in [-0.3, -0.25) is 4.72 Å². The van der Waals surface area contributed by atoms with Gasteiger partial charge in [-0.1, -0.05) is 42.5 Å². The Bertz CT molecular complexity index is 1080. The van der Waals surface area contributed by atoms with E-state index < -0.39 is 16.0 Å². The summed E-state index contributed by atoms with van der Waals surface area (Å²) in [5.41, 5.74) is 0.855. The molecule has 0 amide bonds. The second-order valence-corrected chi connectivity index (χ2v) is 7.18. The van der Waals surface area contributed by atoms with Crippen LogP contribution >= 0.6 is 0 Å². The molecule has 6 nitrogen and oxygen atoms in total. The number of carboxylic acids is 1. The van der Waals surface area contributed by atoms with Crippen LogP contribution in [0.4, 0.5) is 5.69 Å². The molecule has 0 spiro atoms. The maximum Gasteiger partial charge on any atom is 0.337 e. The van der Waals surface area contributed by atoms with Gasteiger partial charge in [0.2, 0.25) is 0 Å². The molecule has 0 saturated carbocycles. The van der Waals surface area contributed by atoms with Crippen molar-refractivity contribution in [3.8, 4) is 16.9 Å². The molecule has 3 N–H and O–H groups in total. The van der Waals surface area contributed by atoms with Gasteiger partial charge in [0.15, 0.2) is 0 Å². The Morgan fingerprint density at radius 1 is 0.885 bits per heavy atom. The average Bonchev–Trinajstić information content (AvgIpc) is 2.62. The number of sulfonamides is 1. The van der Waals surface area contributed by atoms with Crippen molar-refractivity contribution >= 4 is 21.7 Å². The number of phenolic OH excluding ortho intramolecular Hbond substituents is 1. The van der Waals surface area contributed by atoms with E-state index in [0.717, 1.165) is 0 Å². The highest BCUT2D eigenvalue weighted by Gasteiger charge is 2.19. The fraction of sp³-hybridized carbons (Fsp3) is 0. The highest BCUT2D eigenvalue weighted by atomic mass is 32.2. The third-order valence-electron chi connectivity index (χ3n) is 3.76. The standard InChI is InChI=1S/C19H15NO5S/c21-18-11-4-2-8-15(18)13-6-5-7-14(12-13)26(24,25)20-17-10-3-1-9-16(17)19(22)23/h1-12,20-21H,(H,22,23). The van der Waals surface area contributed by atoms with Crippen molar-refractivity contribution in [2.45, 2.75) is 4.90 Å². The summed E-state index contributed by atoms with van der Waals surface area (Å²) in [5, 5.41) is 19.2. The van der Waals surface area contributed by atoms with Gasteiger partial charge in [-0.05, 0) is 35.9 Å². The van der Waals surface area contributed by atoms with Crippen molar-refractivity contribution in [2.75, 3.05) is 4.72 Å². The highest BCUT2D eigenvalue weighted by molar-refractivity contribution is 7.92. The van der Waals surface area contributed by atoms with E-state index in [-0.39, 0.29) is 21.9 Å². The SMILES string of the molecule is O=C(O)c1ccccc1NS(=O)(=O)c1cccc(-c2ccccc2O)c1. The van der Waals surface area contributed by atoms with Crippen molar-refractivity contribution in [3.05, 3.63) is 78.4 Å². The molecule has 3 rings (SSSR count). The minimum Gasteiger partial charge on any atom is -0.507 e. The number of nitrogens with one attached hydrogen (secondary N) is 1. The fourth-order valence-electron chi connectivity index (χ4n) is 2.51. The van der Waals surface area contributed by atoms with Gasteiger partial charge in [0, 0.05) is 5.56 Å². The summed E-state index contributed by atoms with van der Waals surface area (Å²) in [6, 6.07) is 18.4. The van der Waals surface area contributed by atoms with Crippen LogP contribution in [0.2, 0.25) is 0 Å². The van der Waals surface area contributed by atoms with Gasteiger partial charge in [0.05, 0.1) is 16.1 Å². The third kappa shape index (κ3) is 3.52. The van der Waals surface area contributed by atoms with Crippen LogP contribution in [0.3, 0.4) is 0 Å². The summed E-state index contributed by atoms with van der Waals surface area (Å²) in [7, 11) is -4.01. The first kappa shape index (κ1) is 17.5. The molecule has 0 bridgehead atoms. The van der Waals surface area contributed by atoms with Crippen LogP contribution in [0.1, 0.15) is 10.4 Å². The number of aromatic hydroxyl groups is 1. The largest absolute Gasteiger partial charge is 0.507 e. The predicted octanol–water partition coefficient (Wildman–Crippen LogP) is 3.56. The summed E-state index contributed by atoms with van der Waals surface area (Å²) >= 11 is 0. The van der Waals surface area contributed by atoms with E-state index in [4.69, 9.17) is 0 Å². The Hall–Kier alpha value is -3.32. The van der Waals surface area contributed by atoms with E-state index in [9.17, 15) is 23.4 Å². The average molecular weight is 369 g/mol. The lowest BCUT2D eigenvalue weighted by atomic mass is 10.1. The zero-order valence-corrected chi connectivity index (χ0v) is 14.3. The van der Waals surface area contributed by atoms with Crippen LogP contribution in [0, 0.1) is 0 Å². The molecular weight excluding hydrogens is 354 g/mol. The van der Waals surface area contributed by atoms with Crippen molar-refractivity contribution in [1.82, 2.24) is 0 Å². The molecule has 0 aliphatic heterocycles.